The normalized spacial score (nSPS) is 16.9. The molecule has 0 unspecified atom stereocenters. The van der Waals surface area contributed by atoms with Gasteiger partial charge in [0, 0.05) is 19.2 Å². The number of rotatable bonds is 2. The number of phenolic OH excluding ortho intramolecular Hbond substituents is 2. The lowest BCUT2D eigenvalue weighted by atomic mass is 10.1. The molecule has 0 radical (unpaired) electrons. The number of carbonyl (C=O) groups excluding carboxylic acids is 1. The SMILES string of the molecule is CN(C(=O)c1ccc(O)cc1O)C1CCCCCC1. The molecule has 1 aliphatic carbocycles. The number of nitrogens with zero attached hydrogens (tertiary/aromatic N) is 1. The summed E-state index contributed by atoms with van der Waals surface area (Å²) in [7, 11) is 1.80. The largest absolute Gasteiger partial charge is 0.508 e. The van der Waals surface area contributed by atoms with E-state index in [2.05, 4.69) is 0 Å². The van der Waals surface area contributed by atoms with Crippen molar-refractivity contribution >= 4 is 5.91 Å². The molecule has 2 N–H and O–H groups in total. The molecule has 4 nitrogen and oxygen atoms in total. The molecular formula is C15H21NO3. The molecule has 104 valence electrons. The third-order valence-electron chi connectivity index (χ3n) is 3.90. The van der Waals surface area contributed by atoms with Crippen LogP contribution in [0.15, 0.2) is 18.2 Å². The van der Waals surface area contributed by atoms with E-state index in [9.17, 15) is 15.0 Å². The van der Waals surface area contributed by atoms with E-state index in [1.165, 1.54) is 31.0 Å². The Kier molecular flexibility index (Phi) is 4.30. The number of hydrogen-bond acceptors (Lipinski definition) is 3. The number of phenols is 2. The van der Waals surface area contributed by atoms with E-state index in [1.807, 2.05) is 0 Å². The first-order valence-electron chi connectivity index (χ1n) is 6.88. The Morgan fingerprint density at radius 3 is 2.37 bits per heavy atom. The number of amides is 1. The molecule has 0 bridgehead atoms. The van der Waals surface area contributed by atoms with Crippen LogP contribution in [0.1, 0.15) is 48.9 Å². The summed E-state index contributed by atoms with van der Waals surface area (Å²) < 4.78 is 0. The van der Waals surface area contributed by atoms with Crippen molar-refractivity contribution in [2.75, 3.05) is 7.05 Å². The molecule has 4 heteroatoms. The van der Waals surface area contributed by atoms with Crippen LogP contribution in [0.5, 0.6) is 11.5 Å². The summed E-state index contributed by atoms with van der Waals surface area (Å²) in [4.78, 5) is 14.1. The third kappa shape index (κ3) is 3.19. The highest BCUT2D eigenvalue weighted by atomic mass is 16.3. The van der Waals surface area contributed by atoms with E-state index in [1.54, 1.807) is 11.9 Å². The van der Waals surface area contributed by atoms with E-state index in [-0.39, 0.29) is 29.0 Å². The summed E-state index contributed by atoms with van der Waals surface area (Å²) in [6.45, 7) is 0. The van der Waals surface area contributed by atoms with Gasteiger partial charge in [0.05, 0.1) is 5.56 Å². The van der Waals surface area contributed by atoms with Crippen molar-refractivity contribution in [2.24, 2.45) is 0 Å². The zero-order valence-electron chi connectivity index (χ0n) is 11.3. The van der Waals surface area contributed by atoms with Gasteiger partial charge < -0.3 is 15.1 Å². The van der Waals surface area contributed by atoms with Crippen LogP contribution in [0, 0.1) is 0 Å². The van der Waals surface area contributed by atoms with Gasteiger partial charge in [0.15, 0.2) is 0 Å². The smallest absolute Gasteiger partial charge is 0.257 e. The van der Waals surface area contributed by atoms with Crippen molar-refractivity contribution < 1.29 is 15.0 Å². The van der Waals surface area contributed by atoms with Crippen LogP contribution in [0.4, 0.5) is 0 Å². The molecule has 1 fully saturated rings. The Morgan fingerprint density at radius 1 is 1.16 bits per heavy atom. The zero-order valence-corrected chi connectivity index (χ0v) is 11.3. The molecule has 0 saturated heterocycles. The van der Waals surface area contributed by atoms with Crippen LogP contribution in [-0.2, 0) is 0 Å². The van der Waals surface area contributed by atoms with E-state index in [4.69, 9.17) is 0 Å². The van der Waals surface area contributed by atoms with Crippen LogP contribution in [0.2, 0.25) is 0 Å². The molecular weight excluding hydrogens is 242 g/mol. The fourth-order valence-electron chi connectivity index (χ4n) is 2.70. The van der Waals surface area contributed by atoms with Crippen molar-refractivity contribution in [3.8, 4) is 11.5 Å². The number of aromatic hydroxyl groups is 2. The van der Waals surface area contributed by atoms with Crippen LogP contribution in [0.3, 0.4) is 0 Å². The maximum atomic E-state index is 12.4. The first-order valence-corrected chi connectivity index (χ1v) is 6.88. The molecule has 0 heterocycles. The van der Waals surface area contributed by atoms with Crippen molar-refractivity contribution in [2.45, 2.75) is 44.6 Å². The maximum absolute atomic E-state index is 12.4. The highest BCUT2D eigenvalue weighted by molar-refractivity contribution is 5.97. The minimum absolute atomic E-state index is 0.0360. The van der Waals surface area contributed by atoms with Crippen molar-refractivity contribution in [3.63, 3.8) is 0 Å². The monoisotopic (exact) mass is 263 g/mol. The average Bonchev–Trinajstić information content (AvgIpc) is 2.66. The third-order valence-corrected chi connectivity index (χ3v) is 3.90. The van der Waals surface area contributed by atoms with Gasteiger partial charge in [-0.05, 0) is 25.0 Å². The number of benzene rings is 1. The predicted molar refractivity (Wildman–Crippen MR) is 73.4 cm³/mol. The summed E-state index contributed by atoms with van der Waals surface area (Å²) in [5.41, 5.74) is 0.254. The Balaban J connectivity index is 2.13. The second kappa shape index (κ2) is 5.95. The highest BCUT2D eigenvalue weighted by Gasteiger charge is 2.23. The summed E-state index contributed by atoms with van der Waals surface area (Å²) in [6.07, 6.45) is 6.85. The lowest BCUT2D eigenvalue weighted by Crippen LogP contribution is -2.36. The first kappa shape index (κ1) is 13.7. The van der Waals surface area contributed by atoms with Gasteiger partial charge in [-0.25, -0.2) is 0 Å². The lowest BCUT2D eigenvalue weighted by molar-refractivity contribution is 0.0714. The lowest BCUT2D eigenvalue weighted by Gasteiger charge is -2.27. The molecule has 0 aliphatic heterocycles. The Morgan fingerprint density at radius 2 is 1.79 bits per heavy atom. The number of hydrogen-bond donors (Lipinski definition) is 2. The van der Waals surface area contributed by atoms with Crippen molar-refractivity contribution in [1.29, 1.82) is 0 Å². The Labute approximate surface area is 113 Å². The summed E-state index contributed by atoms with van der Waals surface area (Å²) >= 11 is 0. The van der Waals surface area contributed by atoms with E-state index in [0.29, 0.717) is 0 Å². The molecule has 0 spiro atoms. The topological polar surface area (TPSA) is 60.8 Å². The second-order valence-corrected chi connectivity index (χ2v) is 5.26. The van der Waals surface area contributed by atoms with Gasteiger partial charge in [0.25, 0.3) is 5.91 Å². The highest BCUT2D eigenvalue weighted by Crippen LogP contribution is 2.27. The molecule has 1 amide bonds. The molecule has 0 atom stereocenters. The molecule has 2 rings (SSSR count). The summed E-state index contributed by atoms with van der Waals surface area (Å²) in [6, 6.07) is 4.35. The van der Waals surface area contributed by atoms with Gasteiger partial charge >= 0.3 is 0 Å². The minimum Gasteiger partial charge on any atom is -0.508 e. The molecule has 1 aliphatic rings. The predicted octanol–water partition coefficient (Wildman–Crippen LogP) is 2.89. The standard InChI is InChI=1S/C15H21NO3/c1-16(11-6-4-2-3-5-7-11)15(19)13-9-8-12(17)10-14(13)18/h8-11,17-18H,2-7H2,1H3. The fraction of sp³-hybridized carbons (Fsp3) is 0.533. The summed E-state index contributed by atoms with van der Waals surface area (Å²) in [5, 5.41) is 19.0. The van der Waals surface area contributed by atoms with Crippen molar-refractivity contribution in [1.82, 2.24) is 4.90 Å². The quantitative estimate of drug-likeness (QED) is 0.806. The van der Waals surface area contributed by atoms with Gasteiger partial charge in [-0.1, -0.05) is 25.7 Å². The Bertz CT molecular complexity index is 451. The van der Waals surface area contributed by atoms with Crippen LogP contribution in [0.25, 0.3) is 0 Å². The Hall–Kier alpha value is -1.71. The van der Waals surface area contributed by atoms with Gasteiger partial charge in [-0.2, -0.15) is 0 Å². The van der Waals surface area contributed by atoms with Gasteiger partial charge in [0.2, 0.25) is 0 Å². The second-order valence-electron chi connectivity index (χ2n) is 5.26. The van der Waals surface area contributed by atoms with Gasteiger partial charge in [-0.15, -0.1) is 0 Å². The van der Waals surface area contributed by atoms with Crippen molar-refractivity contribution in [3.05, 3.63) is 23.8 Å². The van der Waals surface area contributed by atoms with Crippen LogP contribution in [-0.4, -0.2) is 34.1 Å². The summed E-state index contributed by atoms with van der Waals surface area (Å²) in [5.74, 6) is -0.374. The van der Waals surface area contributed by atoms with Crippen LogP contribution < -0.4 is 0 Å². The molecule has 1 aromatic carbocycles. The molecule has 1 aromatic rings. The van der Waals surface area contributed by atoms with Crippen LogP contribution >= 0.6 is 0 Å². The molecule has 1 saturated carbocycles. The first-order chi connectivity index (χ1) is 9.09. The fourth-order valence-corrected chi connectivity index (χ4v) is 2.70. The maximum Gasteiger partial charge on any atom is 0.257 e. The van der Waals surface area contributed by atoms with E-state index < -0.39 is 0 Å². The van der Waals surface area contributed by atoms with Gasteiger partial charge in [-0.3, -0.25) is 4.79 Å². The molecule has 0 aromatic heterocycles. The van der Waals surface area contributed by atoms with E-state index in [0.717, 1.165) is 25.7 Å². The average molecular weight is 263 g/mol. The van der Waals surface area contributed by atoms with E-state index >= 15 is 0 Å². The van der Waals surface area contributed by atoms with Gasteiger partial charge in [0.1, 0.15) is 11.5 Å². The number of carbonyl (C=O) groups is 1. The molecule has 19 heavy (non-hydrogen) atoms. The zero-order chi connectivity index (χ0) is 13.8. The minimum atomic E-state index is -0.176.